The highest BCUT2D eigenvalue weighted by molar-refractivity contribution is 6.34. The molecule has 3 heteroatoms. The highest BCUT2D eigenvalue weighted by Gasteiger charge is 2.37. The van der Waals surface area contributed by atoms with Crippen LogP contribution in [0.3, 0.4) is 0 Å². The van der Waals surface area contributed by atoms with Crippen molar-refractivity contribution in [3.05, 3.63) is 33.8 Å². The van der Waals surface area contributed by atoms with E-state index in [9.17, 15) is 0 Å². The molecule has 0 amide bonds. The van der Waals surface area contributed by atoms with Crippen LogP contribution in [0.15, 0.2) is 18.2 Å². The van der Waals surface area contributed by atoms with Crippen LogP contribution in [0.2, 0.25) is 10.0 Å². The molecule has 1 aromatic rings. The van der Waals surface area contributed by atoms with E-state index in [1.54, 1.807) is 6.07 Å². The van der Waals surface area contributed by atoms with Crippen molar-refractivity contribution in [1.82, 2.24) is 5.32 Å². The van der Waals surface area contributed by atoms with Gasteiger partial charge in [0.25, 0.3) is 0 Å². The summed E-state index contributed by atoms with van der Waals surface area (Å²) in [7, 11) is 0. The molecule has 1 saturated carbocycles. The maximum Gasteiger partial charge on any atom is 0.0423 e. The minimum atomic E-state index is 0.653. The van der Waals surface area contributed by atoms with Gasteiger partial charge in [-0.2, -0.15) is 0 Å². The van der Waals surface area contributed by atoms with Crippen molar-refractivity contribution in [2.45, 2.75) is 19.3 Å². The summed E-state index contributed by atoms with van der Waals surface area (Å²) in [4.78, 5) is 0. The second kappa shape index (κ2) is 4.73. The van der Waals surface area contributed by atoms with E-state index in [1.165, 1.54) is 12.0 Å². The van der Waals surface area contributed by atoms with Crippen molar-refractivity contribution in [1.29, 1.82) is 0 Å². The lowest BCUT2D eigenvalue weighted by atomic mass is 10.1. The first-order chi connectivity index (χ1) is 7.20. The molecular weight excluding hydrogens is 229 g/mol. The van der Waals surface area contributed by atoms with Gasteiger partial charge in [-0.25, -0.2) is 0 Å². The molecule has 1 aromatic carbocycles. The Hall–Kier alpha value is -0.240. The summed E-state index contributed by atoms with van der Waals surface area (Å²) < 4.78 is 0. The summed E-state index contributed by atoms with van der Waals surface area (Å²) in [6.45, 7) is 4.28. The fourth-order valence-corrected chi connectivity index (χ4v) is 2.54. The van der Waals surface area contributed by atoms with Gasteiger partial charge in [0.15, 0.2) is 0 Å². The van der Waals surface area contributed by atoms with E-state index in [1.807, 2.05) is 12.1 Å². The predicted molar refractivity (Wildman–Crippen MR) is 65.9 cm³/mol. The fraction of sp³-hybridized carbons (Fsp3) is 0.500. The molecule has 0 spiro atoms. The first-order valence-electron chi connectivity index (χ1n) is 5.37. The summed E-state index contributed by atoms with van der Waals surface area (Å²) in [5.74, 6) is 1.42. The van der Waals surface area contributed by atoms with Crippen LogP contribution in [0, 0.1) is 5.92 Å². The smallest absolute Gasteiger partial charge is 0.0423 e. The Morgan fingerprint density at radius 3 is 2.53 bits per heavy atom. The van der Waals surface area contributed by atoms with E-state index in [2.05, 4.69) is 12.2 Å². The number of rotatable bonds is 4. The third-order valence-electron chi connectivity index (χ3n) is 2.89. The predicted octanol–water partition coefficient (Wildman–Crippen LogP) is 3.71. The van der Waals surface area contributed by atoms with Gasteiger partial charge < -0.3 is 5.32 Å². The lowest BCUT2D eigenvalue weighted by Gasteiger charge is -2.03. The molecule has 2 unspecified atom stereocenters. The molecule has 0 heterocycles. The van der Waals surface area contributed by atoms with Crippen LogP contribution >= 0.6 is 23.2 Å². The van der Waals surface area contributed by atoms with Gasteiger partial charge in [0.1, 0.15) is 0 Å². The van der Waals surface area contributed by atoms with Gasteiger partial charge in [-0.05, 0) is 55.1 Å². The molecule has 1 aliphatic rings. The minimum Gasteiger partial charge on any atom is -0.317 e. The number of hydrogen-bond acceptors (Lipinski definition) is 1. The lowest BCUT2D eigenvalue weighted by Crippen LogP contribution is -2.16. The molecule has 2 rings (SSSR count). The van der Waals surface area contributed by atoms with Crippen LogP contribution in [0.1, 0.15) is 24.8 Å². The maximum atomic E-state index is 5.97. The van der Waals surface area contributed by atoms with Gasteiger partial charge in [0.2, 0.25) is 0 Å². The second-order valence-corrected chi connectivity index (χ2v) is 4.99. The average Bonchev–Trinajstić information content (AvgIpc) is 2.92. The molecule has 0 saturated heterocycles. The summed E-state index contributed by atoms with van der Waals surface area (Å²) in [6.07, 6.45) is 1.25. The quantitative estimate of drug-likeness (QED) is 0.851. The zero-order chi connectivity index (χ0) is 10.8. The third-order valence-corrected chi connectivity index (χ3v) is 3.33. The molecular formula is C12H15Cl2N. The van der Waals surface area contributed by atoms with Gasteiger partial charge in [0, 0.05) is 10.0 Å². The monoisotopic (exact) mass is 243 g/mol. The topological polar surface area (TPSA) is 12.0 Å². The first kappa shape index (κ1) is 11.3. The van der Waals surface area contributed by atoms with E-state index in [0.29, 0.717) is 5.92 Å². The molecule has 0 radical (unpaired) electrons. The second-order valence-electron chi connectivity index (χ2n) is 4.11. The fourth-order valence-electron chi connectivity index (χ4n) is 2.00. The molecule has 15 heavy (non-hydrogen) atoms. The Morgan fingerprint density at radius 2 is 1.93 bits per heavy atom. The zero-order valence-electron chi connectivity index (χ0n) is 8.76. The standard InChI is InChI=1S/C12H15Cl2N/c1-2-15-7-9-5-12(9)8-3-10(13)6-11(14)4-8/h3-4,6,9,12,15H,2,5,7H2,1H3. The molecule has 0 aliphatic heterocycles. The van der Waals surface area contributed by atoms with Crippen molar-refractivity contribution in [3.8, 4) is 0 Å². The molecule has 0 aromatic heterocycles. The number of benzene rings is 1. The molecule has 2 atom stereocenters. The molecule has 1 nitrogen and oxygen atoms in total. The van der Waals surface area contributed by atoms with E-state index >= 15 is 0 Å². The lowest BCUT2D eigenvalue weighted by molar-refractivity contribution is 0.649. The van der Waals surface area contributed by atoms with E-state index in [4.69, 9.17) is 23.2 Å². The van der Waals surface area contributed by atoms with E-state index in [-0.39, 0.29) is 0 Å². The number of nitrogens with one attached hydrogen (secondary N) is 1. The minimum absolute atomic E-state index is 0.653. The molecule has 1 N–H and O–H groups in total. The largest absolute Gasteiger partial charge is 0.317 e. The van der Waals surface area contributed by atoms with Gasteiger partial charge in [-0.15, -0.1) is 0 Å². The van der Waals surface area contributed by atoms with Crippen molar-refractivity contribution < 1.29 is 0 Å². The van der Waals surface area contributed by atoms with Crippen LogP contribution in [0.5, 0.6) is 0 Å². The van der Waals surface area contributed by atoms with Crippen molar-refractivity contribution in [3.63, 3.8) is 0 Å². The molecule has 82 valence electrons. The van der Waals surface area contributed by atoms with Gasteiger partial charge >= 0.3 is 0 Å². The Bertz CT molecular complexity index is 331. The summed E-state index contributed by atoms with van der Waals surface area (Å²) in [6, 6.07) is 5.85. The van der Waals surface area contributed by atoms with Gasteiger partial charge in [0.05, 0.1) is 0 Å². The zero-order valence-corrected chi connectivity index (χ0v) is 10.3. The van der Waals surface area contributed by atoms with Crippen molar-refractivity contribution in [2.24, 2.45) is 5.92 Å². The van der Waals surface area contributed by atoms with Crippen molar-refractivity contribution >= 4 is 23.2 Å². The van der Waals surface area contributed by atoms with E-state index < -0.39 is 0 Å². The molecule has 1 aliphatic carbocycles. The van der Waals surface area contributed by atoms with E-state index in [0.717, 1.165) is 29.1 Å². The molecule has 0 bridgehead atoms. The summed E-state index contributed by atoms with van der Waals surface area (Å²) in [5, 5.41) is 4.86. The van der Waals surface area contributed by atoms with Crippen molar-refractivity contribution in [2.75, 3.05) is 13.1 Å². The normalized spacial score (nSPS) is 24.2. The Labute approximate surface area is 101 Å². The molecule has 1 fully saturated rings. The number of halogens is 2. The van der Waals surface area contributed by atoms with Crippen LogP contribution < -0.4 is 5.32 Å². The Morgan fingerprint density at radius 1 is 1.27 bits per heavy atom. The van der Waals surface area contributed by atoms with Gasteiger partial charge in [-0.1, -0.05) is 30.1 Å². The first-order valence-corrected chi connectivity index (χ1v) is 6.13. The highest BCUT2D eigenvalue weighted by Crippen LogP contribution is 2.47. The maximum absolute atomic E-state index is 5.97. The van der Waals surface area contributed by atoms with Gasteiger partial charge in [-0.3, -0.25) is 0 Å². The SMILES string of the molecule is CCNCC1CC1c1cc(Cl)cc(Cl)c1. The highest BCUT2D eigenvalue weighted by atomic mass is 35.5. The van der Waals surface area contributed by atoms with Crippen LogP contribution in [0.25, 0.3) is 0 Å². The average molecular weight is 244 g/mol. The summed E-state index contributed by atoms with van der Waals surface area (Å²) in [5.41, 5.74) is 1.29. The van der Waals surface area contributed by atoms with Crippen LogP contribution in [-0.2, 0) is 0 Å². The Kier molecular flexibility index (Phi) is 3.55. The third kappa shape index (κ3) is 2.87. The van der Waals surface area contributed by atoms with Crippen LogP contribution in [-0.4, -0.2) is 13.1 Å². The number of hydrogen-bond donors (Lipinski definition) is 1. The summed E-state index contributed by atoms with van der Waals surface area (Å²) >= 11 is 11.9. The van der Waals surface area contributed by atoms with Crippen LogP contribution in [0.4, 0.5) is 0 Å². The Balaban J connectivity index is 2.00.